The Morgan fingerprint density at radius 2 is 1.80 bits per heavy atom. The summed E-state index contributed by atoms with van der Waals surface area (Å²) in [5, 5.41) is 32.3. The number of phenols is 1. The average Bonchev–Trinajstić information content (AvgIpc) is 3.18. The molecule has 1 fully saturated rings. The molecular formula is C33H41NO6. The number of hydrogen-bond acceptors (Lipinski definition) is 6. The summed E-state index contributed by atoms with van der Waals surface area (Å²) in [4.78, 5) is 27.8. The monoisotopic (exact) mass is 547 g/mol. The van der Waals surface area contributed by atoms with Crippen molar-refractivity contribution >= 4 is 23.5 Å². The van der Waals surface area contributed by atoms with E-state index >= 15 is 0 Å². The lowest BCUT2D eigenvalue weighted by atomic mass is 9.68. The molecule has 1 aliphatic carbocycles. The number of fused-ring (bicyclic) bond motifs is 1. The third kappa shape index (κ3) is 5.92. The molecule has 2 amide bonds. The fourth-order valence-electron chi connectivity index (χ4n) is 6.45. The van der Waals surface area contributed by atoms with E-state index in [0.717, 1.165) is 33.4 Å². The molecule has 0 spiro atoms. The average molecular weight is 548 g/mol. The molecule has 0 saturated carbocycles. The summed E-state index contributed by atoms with van der Waals surface area (Å²) in [7, 11) is 1.57. The molecule has 214 valence electrons. The second-order valence-corrected chi connectivity index (χ2v) is 11.0. The number of hydrogen-bond donors (Lipinski definition) is 3. The van der Waals surface area contributed by atoms with Crippen LogP contribution in [0.2, 0.25) is 0 Å². The number of aliphatic hydroxyl groups is 2. The van der Waals surface area contributed by atoms with Gasteiger partial charge in [-0.05, 0) is 90.6 Å². The van der Waals surface area contributed by atoms with Gasteiger partial charge in [-0.3, -0.25) is 14.5 Å². The largest absolute Gasteiger partial charge is 0.507 e. The fraction of sp³-hybridized carbons (Fsp3) is 0.455. The van der Waals surface area contributed by atoms with Gasteiger partial charge in [-0.15, -0.1) is 0 Å². The van der Waals surface area contributed by atoms with Crippen molar-refractivity contribution in [3.63, 3.8) is 0 Å². The number of likely N-dealkylation sites (tertiary alicyclic amines) is 1. The van der Waals surface area contributed by atoms with E-state index < -0.39 is 23.9 Å². The minimum atomic E-state index is -0.915. The van der Waals surface area contributed by atoms with Crippen LogP contribution in [-0.2, 0) is 14.3 Å². The van der Waals surface area contributed by atoms with Gasteiger partial charge in [0.25, 0.3) is 0 Å². The van der Waals surface area contributed by atoms with Crippen LogP contribution in [0.4, 0.5) is 0 Å². The van der Waals surface area contributed by atoms with Crippen LogP contribution >= 0.6 is 0 Å². The number of carbonyl (C=O) groups excluding carboxylic acids is 2. The highest BCUT2D eigenvalue weighted by molar-refractivity contribution is 6.05. The number of allylic oxidation sites excluding steroid dienone is 1. The van der Waals surface area contributed by atoms with Crippen molar-refractivity contribution in [1.29, 1.82) is 0 Å². The Kier molecular flexibility index (Phi) is 9.61. The quantitative estimate of drug-likeness (QED) is 0.215. The first-order valence-corrected chi connectivity index (χ1v) is 14.1. The number of carbonyl (C=O) groups is 2. The van der Waals surface area contributed by atoms with Gasteiger partial charge in [0.2, 0.25) is 11.8 Å². The van der Waals surface area contributed by atoms with E-state index in [9.17, 15) is 24.9 Å². The lowest BCUT2D eigenvalue weighted by Crippen LogP contribution is -2.39. The van der Waals surface area contributed by atoms with Gasteiger partial charge >= 0.3 is 0 Å². The highest BCUT2D eigenvalue weighted by Gasteiger charge is 2.54. The van der Waals surface area contributed by atoms with Crippen LogP contribution in [0.25, 0.3) is 11.6 Å². The topological polar surface area (TPSA) is 107 Å². The van der Waals surface area contributed by atoms with Gasteiger partial charge in [0, 0.05) is 19.6 Å². The van der Waals surface area contributed by atoms with Crippen LogP contribution in [0.5, 0.6) is 5.75 Å². The lowest BCUT2D eigenvalue weighted by Gasteiger charge is -2.36. The molecule has 7 nitrogen and oxygen atoms in total. The Labute approximate surface area is 236 Å². The number of aliphatic hydroxyl groups excluding tert-OH is 2. The third-order valence-corrected chi connectivity index (χ3v) is 8.28. The Balaban J connectivity index is 1.66. The minimum absolute atomic E-state index is 0.189. The van der Waals surface area contributed by atoms with Gasteiger partial charge in [0.1, 0.15) is 5.75 Å². The second-order valence-electron chi connectivity index (χ2n) is 11.0. The molecule has 3 N–H and O–H groups in total. The number of phenolic OH excluding ortho intramolecular Hbond substituents is 1. The molecule has 2 aromatic carbocycles. The molecule has 7 heteroatoms. The van der Waals surface area contributed by atoms with Crippen LogP contribution in [0.3, 0.4) is 0 Å². The van der Waals surface area contributed by atoms with Crippen molar-refractivity contribution in [2.45, 2.75) is 52.6 Å². The standard InChI is InChI=1S/C33H41NO6/c1-5-13-34-32(38)26-17-25(19-40-4)29(27(18-35)30(26)33(34)39)28(36)12-11-24(23-9-7-6-8-10-23)16-22-14-20(2)31(37)21(3)15-22/h6-10,14-16,26-28,30,35-37H,5,11-13,17-19H2,1-4H3/b24-16-/t26-,27+,28-,30-/m1/s1. The highest BCUT2D eigenvalue weighted by Crippen LogP contribution is 2.46. The smallest absolute Gasteiger partial charge is 0.233 e. The van der Waals surface area contributed by atoms with Gasteiger partial charge < -0.3 is 20.1 Å². The normalized spacial score (nSPS) is 22.2. The minimum Gasteiger partial charge on any atom is -0.507 e. The van der Waals surface area contributed by atoms with Crippen LogP contribution < -0.4 is 0 Å². The molecule has 1 saturated heterocycles. The first kappa shape index (κ1) is 29.7. The summed E-state index contributed by atoms with van der Waals surface area (Å²) in [6.45, 7) is 5.94. The molecule has 0 unspecified atom stereocenters. The fourth-order valence-corrected chi connectivity index (χ4v) is 6.45. The summed E-state index contributed by atoms with van der Waals surface area (Å²) in [5.74, 6) is -1.98. The predicted molar refractivity (Wildman–Crippen MR) is 155 cm³/mol. The number of nitrogens with zero attached hydrogens (tertiary/aromatic N) is 1. The number of rotatable bonds is 11. The number of benzene rings is 2. The Morgan fingerprint density at radius 1 is 1.12 bits per heavy atom. The molecule has 0 bridgehead atoms. The molecule has 1 heterocycles. The Morgan fingerprint density at radius 3 is 2.40 bits per heavy atom. The van der Waals surface area contributed by atoms with E-state index in [1.54, 1.807) is 7.11 Å². The van der Waals surface area contributed by atoms with Crippen LogP contribution in [0.1, 0.15) is 54.9 Å². The molecule has 2 aliphatic rings. The van der Waals surface area contributed by atoms with Gasteiger partial charge in [-0.25, -0.2) is 0 Å². The van der Waals surface area contributed by atoms with Crippen LogP contribution in [-0.4, -0.2) is 65.0 Å². The van der Waals surface area contributed by atoms with E-state index in [2.05, 4.69) is 6.08 Å². The van der Waals surface area contributed by atoms with E-state index in [1.165, 1.54) is 4.90 Å². The zero-order chi connectivity index (χ0) is 29.0. The van der Waals surface area contributed by atoms with Gasteiger partial charge in [0.15, 0.2) is 0 Å². The number of aromatic hydroxyl groups is 1. The Bertz CT molecular complexity index is 1270. The molecule has 1 aliphatic heterocycles. The SMILES string of the molecule is CCCN1C(=O)[C@@H]2[C@@H](CC(COC)=C([C@H](O)CC/C(=C/c3cc(C)c(O)c(C)c3)c3ccccc3)[C@@H]2CO)C1=O. The molecule has 40 heavy (non-hydrogen) atoms. The molecule has 2 aromatic rings. The number of amides is 2. The van der Waals surface area contributed by atoms with Gasteiger partial charge in [0.05, 0.1) is 31.2 Å². The molecule has 0 aromatic heterocycles. The van der Waals surface area contributed by atoms with Gasteiger partial charge in [-0.1, -0.05) is 43.3 Å². The maximum atomic E-state index is 13.3. The zero-order valence-corrected chi connectivity index (χ0v) is 23.9. The van der Waals surface area contributed by atoms with Crippen molar-refractivity contribution in [3.05, 3.63) is 75.9 Å². The highest BCUT2D eigenvalue weighted by atomic mass is 16.5. The van der Waals surface area contributed by atoms with E-state index in [0.29, 0.717) is 37.8 Å². The second kappa shape index (κ2) is 12.9. The molecular weight excluding hydrogens is 506 g/mol. The van der Waals surface area contributed by atoms with Crippen molar-refractivity contribution in [2.24, 2.45) is 17.8 Å². The van der Waals surface area contributed by atoms with Gasteiger partial charge in [-0.2, -0.15) is 0 Å². The zero-order valence-electron chi connectivity index (χ0n) is 23.9. The summed E-state index contributed by atoms with van der Waals surface area (Å²) in [5.41, 5.74) is 6.03. The van der Waals surface area contributed by atoms with Crippen LogP contribution in [0.15, 0.2) is 53.6 Å². The van der Waals surface area contributed by atoms with Crippen molar-refractivity contribution in [1.82, 2.24) is 4.90 Å². The summed E-state index contributed by atoms with van der Waals surface area (Å²) in [6, 6.07) is 13.8. The first-order valence-electron chi connectivity index (χ1n) is 14.1. The lowest BCUT2D eigenvalue weighted by molar-refractivity contribution is -0.140. The summed E-state index contributed by atoms with van der Waals surface area (Å²) < 4.78 is 5.45. The van der Waals surface area contributed by atoms with Crippen LogP contribution in [0, 0.1) is 31.6 Å². The molecule has 4 atom stereocenters. The third-order valence-electron chi connectivity index (χ3n) is 8.28. The van der Waals surface area contributed by atoms with Crippen molar-refractivity contribution < 1.29 is 29.6 Å². The maximum absolute atomic E-state index is 13.3. The number of aryl methyl sites for hydroxylation is 2. The summed E-state index contributed by atoms with van der Waals surface area (Å²) >= 11 is 0. The maximum Gasteiger partial charge on any atom is 0.233 e. The predicted octanol–water partition coefficient (Wildman–Crippen LogP) is 4.66. The first-order chi connectivity index (χ1) is 19.2. The van der Waals surface area contributed by atoms with E-state index in [1.807, 2.05) is 63.2 Å². The van der Waals surface area contributed by atoms with Crippen molar-refractivity contribution in [3.8, 4) is 5.75 Å². The number of methoxy groups -OCH3 is 1. The number of ether oxygens (including phenoxy) is 1. The number of imide groups is 1. The van der Waals surface area contributed by atoms with E-state index in [-0.39, 0.29) is 30.8 Å². The Hall–Kier alpha value is -3.26. The van der Waals surface area contributed by atoms with E-state index in [4.69, 9.17) is 4.74 Å². The van der Waals surface area contributed by atoms with Crippen molar-refractivity contribution in [2.75, 3.05) is 26.9 Å². The summed E-state index contributed by atoms with van der Waals surface area (Å²) in [6.07, 6.45) is 3.09. The molecule has 4 rings (SSSR count). The molecule has 0 radical (unpaired) electrons.